The summed E-state index contributed by atoms with van der Waals surface area (Å²) in [6, 6.07) is 6.98. The summed E-state index contributed by atoms with van der Waals surface area (Å²) in [6.07, 6.45) is 1.76. The second kappa shape index (κ2) is 8.28. The molecule has 0 aliphatic carbocycles. The Balaban J connectivity index is 1.92. The fourth-order valence-corrected chi connectivity index (χ4v) is 4.24. The standard InChI is InChI=1S/C22H27NO3S/c1-14(2)11-23(12-15(3)4)13-18-19(24)8-7-17-21(25)20(26-22(17)18)10-16-6-5-9-27-16/h5-10,14-15,24H,11-13H2,1-4H3/b20-10-. The molecular formula is C22H27NO3S. The van der Waals surface area contributed by atoms with Crippen molar-refractivity contribution in [1.82, 2.24) is 0 Å². The number of carbonyl (C=O) groups is 1. The third-order valence-corrected chi connectivity index (χ3v) is 5.35. The second-order valence-corrected chi connectivity index (χ2v) is 8.98. The normalized spacial score (nSPS) is 15.2. The molecule has 144 valence electrons. The van der Waals surface area contributed by atoms with Crippen LogP contribution in [0.3, 0.4) is 0 Å². The number of nitrogens with one attached hydrogen (secondary N) is 1. The molecule has 1 aromatic carbocycles. The zero-order valence-corrected chi connectivity index (χ0v) is 17.2. The molecule has 5 heteroatoms. The van der Waals surface area contributed by atoms with E-state index < -0.39 is 0 Å². The van der Waals surface area contributed by atoms with Crippen molar-refractivity contribution < 1.29 is 19.5 Å². The van der Waals surface area contributed by atoms with Gasteiger partial charge in [0.15, 0.2) is 5.76 Å². The lowest BCUT2D eigenvalue weighted by Gasteiger charge is -2.26. The van der Waals surface area contributed by atoms with E-state index >= 15 is 0 Å². The maximum atomic E-state index is 12.7. The van der Waals surface area contributed by atoms with Crippen LogP contribution in [0.15, 0.2) is 35.4 Å². The Bertz CT molecular complexity index is 827. The lowest BCUT2D eigenvalue weighted by molar-refractivity contribution is -0.919. The molecule has 4 nitrogen and oxygen atoms in total. The zero-order valence-electron chi connectivity index (χ0n) is 16.4. The minimum Gasteiger partial charge on any atom is -0.872 e. The Morgan fingerprint density at radius 3 is 2.44 bits per heavy atom. The van der Waals surface area contributed by atoms with Gasteiger partial charge in [0.1, 0.15) is 12.3 Å². The topological polar surface area (TPSA) is 53.8 Å². The number of Topliss-reactive ketones (excluding diaryl/α,β-unsaturated/α-hetero) is 1. The molecule has 0 unspecified atom stereocenters. The lowest BCUT2D eigenvalue weighted by Crippen LogP contribution is -3.11. The van der Waals surface area contributed by atoms with Gasteiger partial charge in [0.2, 0.25) is 5.78 Å². The molecule has 1 N–H and O–H groups in total. The molecule has 0 bridgehead atoms. The molecule has 2 heterocycles. The molecule has 0 atom stereocenters. The average molecular weight is 386 g/mol. The van der Waals surface area contributed by atoms with Crippen molar-refractivity contribution in [3.05, 3.63) is 51.4 Å². The van der Waals surface area contributed by atoms with Gasteiger partial charge in [-0.25, -0.2) is 0 Å². The Labute approximate surface area is 165 Å². The summed E-state index contributed by atoms with van der Waals surface area (Å²) in [4.78, 5) is 15.0. The van der Waals surface area contributed by atoms with Crippen LogP contribution >= 0.6 is 11.3 Å². The number of rotatable bonds is 7. The summed E-state index contributed by atoms with van der Waals surface area (Å²) in [5.41, 5.74) is 1.12. The monoisotopic (exact) mass is 385 g/mol. The van der Waals surface area contributed by atoms with Gasteiger partial charge in [-0.15, -0.1) is 11.3 Å². The van der Waals surface area contributed by atoms with Crippen LogP contribution < -0.4 is 14.7 Å². The predicted octanol–water partition coefficient (Wildman–Crippen LogP) is 3.13. The van der Waals surface area contributed by atoms with Gasteiger partial charge in [0.05, 0.1) is 18.7 Å². The summed E-state index contributed by atoms with van der Waals surface area (Å²) in [7, 11) is 0. The first-order chi connectivity index (χ1) is 12.8. The summed E-state index contributed by atoms with van der Waals surface area (Å²) in [6.45, 7) is 11.3. The van der Waals surface area contributed by atoms with Crippen LogP contribution in [0.2, 0.25) is 0 Å². The third-order valence-electron chi connectivity index (χ3n) is 4.54. The SMILES string of the molecule is CC(C)C[NH+](Cc1c([O-])ccc2c1O/C(=C\c1cccs1)C2=O)CC(C)C. The molecule has 27 heavy (non-hydrogen) atoms. The van der Waals surface area contributed by atoms with Crippen LogP contribution in [0, 0.1) is 11.8 Å². The molecule has 0 saturated carbocycles. The molecule has 1 aliphatic heterocycles. The van der Waals surface area contributed by atoms with E-state index in [0.717, 1.165) is 18.0 Å². The summed E-state index contributed by atoms with van der Waals surface area (Å²) in [5, 5.41) is 14.6. The van der Waals surface area contributed by atoms with Gasteiger partial charge >= 0.3 is 0 Å². The van der Waals surface area contributed by atoms with Gasteiger partial charge < -0.3 is 14.7 Å². The van der Waals surface area contributed by atoms with E-state index in [1.807, 2.05) is 17.5 Å². The fraction of sp³-hybridized carbons (Fsp3) is 0.409. The van der Waals surface area contributed by atoms with Gasteiger partial charge in [-0.05, 0) is 17.5 Å². The molecule has 0 amide bonds. The number of thiophene rings is 1. The fourth-order valence-electron chi connectivity index (χ4n) is 3.59. The van der Waals surface area contributed by atoms with Gasteiger partial charge in [-0.2, -0.15) is 0 Å². The van der Waals surface area contributed by atoms with Gasteiger partial charge in [-0.1, -0.05) is 45.6 Å². The number of ether oxygens (including phenoxy) is 1. The van der Waals surface area contributed by atoms with Crippen LogP contribution in [-0.2, 0) is 6.54 Å². The van der Waals surface area contributed by atoms with E-state index in [4.69, 9.17) is 4.74 Å². The minimum absolute atomic E-state index is 0.0519. The molecule has 2 aromatic rings. The molecule has 3 rings (SSSR count). The van der Waals surface area contributed by atoms with Crippen molar-refractivity contribution in [3.8, 4) is 11.5 Å². The van der Waals surface area contributed by atoms with E-state index in [1.165, 1.54) is 11.0 Å². The largest absolute Gasteiger partial charge is 0.872 e. The lowest BCUT2D eigenvalue weighted by atomic mass is 10.0. The average Bonchev–Trinajstić information content (AvgIpc) is 3.18. The first-order valence-corrected chi connectivity index (χ1v) is 10.4. The van der Waals surface area contributed by atoms with Crippen LogP contribution in [0.1, 0.15) is 48.5 Å². The Morgan fingerprint density at radius 2 is 1.85 bits per heavy atom. The molecule has 0 spiro atoms. The number of allylic oxidation sites excluding steroid dienone is 1. The van der Waals surface area contributed by atoms with Gasteiger partial charge in [0.25, 0.3) is 0 Å². The number of carbonyl (C=O) groups excluding carboxylic acids is 1. The van der Waals surface area contributed by atoms with E-state index in [9.17, 15) is 9.90 Å². The van der Waals surface area contributed by atoms with Crippen LogP contribution in [0.5, 0.6) is 11.5 Å². The molecule has 0 fully saturated rings. The highest BCUT2D eigenvalue weighted by Gasteiger charge is 2.31. The van der Waals surface area contributed by atoms with Crippen molar-refractivity contribution in [2.45, 2.75) is 34.2 Å². The zero-order chi connectivity index (χ0) is 19.6. The second-order valence-electron chi connectivity index (χ2n) is 8.00. The van der Waals surface area contributed by atoms with Crippen LogP contribution in [0.4, 0.5) is 0 Å². The van der Waals surface area contributed by atoms with Crippen molar-refractivity contribution in [3.63, 3.8) is 0 Å². The highest BCUT2D eigenvalue weighted by atomic mass is 32.1. The van der Waals surface area contributed by atoms with E-state index in [-0.39, 0.29) is 11.5 Å². The molecular weight excluding hydrogens is 358 g/mol. The number of hydrogen-bond donors (Lipinski definition) is 1. The molecule has 1 aromatic heterocycles. The van der Waals surface area contributed by atoms with Crippen molar-refractivity contribution in [1.29, 1.82) is 0 Å². The quantitative estimate of drug-likeness (QED) is 0.745. The summed E-state index contributed by atoms with van der Waals surface area (Å²) in [5.74, 6) is 1.62. The van der Waals surface area contributed by atoms with Crippen molar-refractivity contribution >= 4 is 23.2 Å². The van der Waals surface area contributed by atoms with Crippen molar-refractivity contribution in [2.24, 2.45) is 11.8 Å². The van der Waals surface area contributed by atoms with Crippen LogP contribution in [-0.4, -0.2) is 18.9 Å². The smallest absolute Gasteiger partial charge is 0.232 e. The van der Waals surface area contributed by atoms with Gasteiger partial charge in [0, 0.05) is 28.4 Å². The Hall–Kier alpha value is -2.11. The van der Waals surface area contributed by atoms with E-state index in [2.05, 4.69) is 27.7 Å². The third kappa shape index (κ3) is 4.60. The Morgan fingerprint density at radius 1 is 1.15 bits per heavy atom. The van der Waals surface area contributed by atoms with Crippen molar-refractivity contribution in [2.75, 3.05) is 13.1 Å². The number of quaternary nitrogens is 1. The van der Waals surface area contributed by atoms with Gasteiger partial charge in [-0.3, -0.25) is 4.79 Å². The van der Waals surface area contributed by atoms with Crippen LogP contribution in [0.25, 0.3) is 6.08 Å². The minimum atomic E-state index is -0.145. The highest BCUT2D eigenvalue weighted by Crippen LogP contribution is 2.38. The number of fused-ring (bicyclic) bond motifs is 1. The highest BCUT2D eigenvalue weighted by molar-refractivity contribution is 7.10. The number of hydrogen-bond acceptors (Lipinski definition) is 4. The number of ketones is 1. The maximum Gasteiger partial charge on any atom is 0.232 e. The summed E-state index contributed by atoms with van der Waals surface area (Å²) < 4.78 is 5.92. The maximum absolute atomic E-state index is 12.7. The predicted molar refractivity (Wildman–Crippen MR) is 107 cm³/mol. The molecule has 0 radical (unpaired) electrons. The Kier molecular flexibility index (Phi) is 6.02. The first-order valence-electron chi connectivity index (χ1n) is 9.49. The van der Waals surface area contributed by atoms with E-state index in [1.54, 1.807) is 23.5 Å². The van der Waals surface area contributed by atoms with E-state index in [0.29, 0.717) is 41.0 Å². The number of benzene rings is 1. The molecule has 1 aliphatic rings. The first kappa shape index (κ1) is 19.6. The summed E-state index contributed by atoms with van der Waals surface area (Å²) >= 11 is 1.55. The molecule has 0 saturated heterocycles.